The molecule has 1 atom stereocenters. The van der Waals surface area contributed by atoms with Crippen molar-refractivity contribution in [2.75, 3.05) is 57.9 Å². The quantitative estimate of drug-likeness (QED) is 0.397. The molecule has 1 aromatic carbocycles. The molecule has 0 radical (unpaired) electrons. The van der Waals surface area contributed by atoms with Crippen molar-refractivity contribution in [3.8, 4) is 28.4 Å². The van der Waals surface area contributed by atoms with Gasteiger partial charge in [0.1, 0.15) is 30.0 Å². The molecule has 2 aromatic heterocycles. The van der Waals surface area contributed by atoms with Crippen LogP contribution in [0.2, 0.25) is 0 Å². The Labute approximate surface area is 240 Å². The van der Waals surface area contributed by atoms with Gasteiger partial charge in [0.25, 0.3) is 0 Å². The van der Waals surface area contributed by atoms with Crippen LogP contribution in [0.3, 0.4) is 0 Å². The molecule has 2 fully saturated rings. The third-order valence-corrected chi connectivity index (χ3v) is 7.90. The minimum atomic E-state index is -0.616. The number of aliphatic hydroxyl groups is 1. The predicted molar refractivity (Wildman–Crippen MR) is 155 cm³/mol. The summed E-state index contributed by atoms with van der Waals surface area (Å²) in [5.41, 5.74) is 4.23. The molecule has 2 N–H and O–H groups in total. The number of carbonyl (C=O) groups excluding carboxylic acids is 1. The summed E-state index contributed by atoms with van der Waals surface area (Å²) >= 11 is 0. The van der Waals surface area contributed by atoms with Crippen molar-refractivity contribution in [3.63, 3.8) is 0 Å². The van der Waals surface area contributed by atoms with E-state index in [2.05, 4.69) is 22.3 Å². The van der Waals surface area contributed by atoms with E-state index in [1.807, 2.05) is 45.0 Å². The zero-order valence-electron chi connectivity index (χ0n) is 24.6. The lowest BCUT2D eigenvalue weighted by Crippen LogP contribution is -2.64. The maximum Gasteiger partial charge on any atom is 0.409 e. The van der Waals surface area contributed by atoms with Crippen molar-refractivity contribution in [2.45, 2.75) is 46.6 Å². The number of benzene rings is 1. The van der Waals surface area contributed by atoms with Crippen molar-refractivity contribution < 1.29 is 23.9 Å². The Hall–Kier alpha value is -3.70. The molecule has 1 unspecified atom stereocenters. The number of aliphatic hydroxyl groups excluding tert-OH is 1. The summed E-state index contributed by atoms with van der Waals surface area (Å²) < 4.78 is 16.6. The number of nitrogens with one attached hydrogen (secondary N) is 1. The van der Waals surface area contributed by atoms with E-state index in [4.69, 9.17) is 24.0 Å². The molecule has 11 heteroatoms. The van der Waals surface area contributed by atoms with Gasteiger partial charge in [0.05, 0.1) is 23.6 Å². The predicted octanol–water partition coefficient (Wildman–Crippen LogP) is 3.74. The summed E-state index contributed by atoms with van der Waals surface area (Å²) in [6, 6.07) is 7.63. The maximum atomic E-state index is 12.3. The van der Waals surface area contributed by atoms with Crippen molar-refractivity contribution in [2.24, 2.45) is 5.41 Å². The van der Waals surface area contributed by atoms with Crippen LogP contribution >= 0.6 is 0 Å². The van der Waals surface area contributed by atoms with Crippen molar-refractivity contribution in [3.05, 3.63) is 41.3 Å². The van der Waals surface area contributed by atoms with E-state index >= 15 is 0 Å². The molecule has 220 valence electrons. The van der Waals surface area contributed by atoms with Gasteiger partial charge in [-0.3, -0.25) is 0 Å². The first-order valence-corrected chi connectivity index (χ1v) is 14.3. The van der Waals surface area contributed by atoms with Crippen LogP contribution in [-0.4, -0.2) is 90.3 Å². The summed E-state index contributed by atoms with van der Waals surface area (Å²) in [5, 5.41) is 17.2. The van der Waals surface area contributed by atoms with E-state index in [-0.39, 0.29) is 18.1 Å². The van der Waals surface area contributed by atoms with Crippen LogP contribution in [0.1, 0.15) is 36.8 Å². The molecule has 41 heavy (non-hydrogen) atoms. The number of rotatable bonds is 9. The van der Waals surface area contributed by atoms with Gasteiger partial charge in [0.15, 0.2) is 5.82 Å². The molecule has 4 heterocycles. The molecule has 0 saturated carbocycles. The average molecular weight is 565 g/mol. The van der Waals surface area contributed by atoms with Gasteiger partial charge in [0, 0.05) is 49.3 Å². The van der Waals surface area contributed by atoms with Gasteiger partial charge in [-0.25, -0.2) is 14.8 Å². The number of amides is 1. The summed E-state index contributed by atoms with van der Waals surface area (Å²) in [5.74, 6) is 2.78. The highest BCUT2D eigenvalue weighted by molar-refractivity contribution is 5.75. The number of nitrogens with zero attached hydrogens (tertiary/aromatic N) is 5. The molecule has 0 bridgehead atoms. The second kappa shape index (κ2) is 12.0. The molecule has 11 nitrogen and oxygen atoms in total. The third-order valence-electron chi connectivity index (χ3n) is 7.90. The van der Waals surface area contributed by atoms with E-state index in [0.717, 1.165) is 59.8 Å². The first kappa shape index (κ1) is 28.8. The molecule has 1 amide bonds. The van der Waals surface area contributed by atoms with Crippen LogP contribution in [0, 0.1) is 26.2 Å². The smallest absolute Gasteiger partial charge is 0.409 e. The highest BCUT2D eigenvalue weighted by Gasteiger charge is 2.48. The zero-order chi connectivity index (χ0) is 29.1. The van der Waals surface area contributed by atoms with E-state index < -0.39 is 6.10 Å². The number of likely N-dealkylation sites (tertiary alicyclic amines) is 1. The molecule has 2 aliphatic heterocycles. The Morgan fingerprint density at radius 1 is 1.22 bits per heavy atom. The maximum absolute atomic E-state index is 12.3. The van der Waals surface area contributed by atoms with Crippen LogP contribution in [0.5, 0.6) is 5.75 Å². The van der Waals surface area contributed by atoms with Gasteiger partial charge in [-0.15, -0.1) is 0 Å². The summed E-state index contributed by atoms with van der Waals surface area (Å²) in [7, 11) is 1.79. The first-order chi connectivity index (χ1) is 19.7. The van der Waals surface area contributed by atoms with Gasteiger partial charge < -0.3 is 34.2 Å². The molecule has 1 spiro atoms. The van der Waals surface area contributed by atoms with Gasteiger partial charge in [0.2, 0.25) is 0 Å². The molecule has 2 aliphatic rings. The average Bonchev–Trinajstić information content (AvgIpc) is 3.28. The number of hydrogen-bond acceptors (Lipinski definition) is 10. The Morgan fingerprint density at radius 3 is 2.73 bits per heavy atom. The highest BCUT2D eigenvalue weighted by Crippen LogP contribution is 2.42. The number of hydrogen-bond donors (Lipinski definition) is 2. The topological polar surface area (TPSA) is 126 Å². The Morgan fingerprint density at radius 2 is 2.02 bits per heavy atom. The molecular weight excluding hydrogens is 524 g/mol. The molecular formula is C30H40N6O5. The van der Waals surface area contributed by atoms with E-state index in [0.29, 0.717) is 43.6 Å². The minimum absolute atomic E-state index is 0.0215. The SMILES string of the molecule is CCOC(=O)N1CC2(CCCN(c3nc(-c4cccc(OCC(O)CNC)c4)nc(-c4c(C)noc4C)c3C)C2)C1. The number of aromatic nitrogens is 3. The van der Waals surface area contributed by atoms with Crippen molar-refractivity contribution in [1.29, 1.82) is 0 Å². The number of anilines is 1. The van der Waals surface area contributed by atoms with Crippen LogP contribution in [0.15, 0.2) is 28.8 Å². The fraction of sp³-hybridized carbons (Fsp3) is 0.533. The zero-order valence-corrected chi connectivity index (χ0v) is 24.6. The fourth-order valence-corrected chi connectivity index (χ4v) is 5.97. The Bertz CT molecular complexity index is 1370. The molecule has 5 rings (SSSR count). The highest BCUT2D eigenvalue weighted by atomic mass is 16.6. The lowest BCUT2D eigenvalue weighted by atomic mass is 9.73. The van der Waals surface area contributed by atoms with Crippen LogP contribution in [0.4, 0.5) is 10.6 Å². The molecule has 2 saturated heterocycles. The monoisotopic (exact) mass is 564 g/mol. The van der Waals surface area contributed by atoms with E-state index in [1.54, 1.807) is 11.9 Å². The second-order valence-corrected chi connectivity index (χ2v) is 11.2. The van der Waals surface area contributed by atoms with Crippen LogP contribution in [-0.2, 0) is 4.74 Å². The van der Waals surface area contributed by atoms with E-state index in [1.165, 1.54) is 0 Å². The Balaban J connectivity index is 1.49. The number of ether oxygens (including phenoxy) is 2. The Kier molecular flexibility index (Phi) is 8.46. The summed E-state index contributed by atoms with van der Waals surface area (Å²) in [6.45, 7) is 11.7. The number of aryl methyl sites for hydroxylation is 2. The normalized spacial score (nSPS) is 16.9. The second-order valence-electron chi connectivity index (χ2n) is 11.2. The number of carbonyl (C=O) groups is 1. The standard InChI is InChI=1S/C30H40N6O5/c1-6-39-29(38)36-17-30(18-36)11-8-12-35(16-30)28-19(2)26(25-20(3)34-41-21(25)4)32-27(33-28)22-9-7-10-24(13-22)40-15-23(37)14-31-5/h7,9-10,13,23,31,37H,6,8,11-12,14-18H2,1-5H3. The summed E-state index contributed by atoms with van der Waals surface area (Å²) in [4.78, 5) is 26.5. The third kappa shape index (κ3) is 6.01. The van der Waals surface area contributed by atoms with Crippen molar-refractivity contribution >= 4 is 11.9 Å². The first-order valence-electron chi connectivity index (χ1n) is 14.3. The van der Waals surface area contributed by atoms with E-state index in [9.17, 15) is 9.90 Å². The van der Waals surface area contributed by atoms with Gasteiger partial charge in [-0.2, -0.15) is 0 Å². The van der Waals surface area contributed by atoms with Crippen LogP contribution in [0.25, 0.3) is 22.6 Å². The number of piperidine rings is 1. The van der Waals surface area contributed by atoms with Crippen molar-refractivity contribution in [1.82, 2.24) is 25.3 Å². The van der Waals surface area contributed by atoms with Crippen LogP contribution < -0.4 is 15.0 Å². The molecule has 3 aromatic rings. The fourth-order valence-electron chi connectivity index (χ4n) is 5.97. The molecule has 0 aliphatic carbocycles. The van der Waals surface area contributed by atoms with Gasteiger partial charge in [-0.05, 0) is 59.7 Å². The van der Waals surface area contributed by atoms with Gasteiger partial charge in [-0.1, -0.05) is 17.3 Å². The minimum Gasteiger partial charge on any atom is -0.491 e. The largest absolute Gasteiger partial charge is 0.491 e. The lowest BCUT2D eigenvalue weighted by Gasteiger charge is -2.54. The van der Waals surface area contributed by atoms with Gasteiger partial charge >= 0.3 is 6.09 Å². The lowest BCUT2D eigenvalue weighted by molar-refractivity contribution is -0.0102. The summed E-state index contributed by atoms with van der Waals surface area (Å²) in [6.07, 6.45) is 1.21. The number of likely N-dealkylation sites (N-methyl/N-ethyl adjacent to an activating group) is 1.